The molecule has 0 spiro atoms. The zero-order chi connectivity index (χ0) is 19.7. The Balaban J connectivity index is 1.56. The van der Waals surface area contributed by atoms with Gasteiger partial charge in [0.05, 0.1) is 11.9 Å². The zero-order valence-electron chi connectivity index (χ0n) is 16.4. The summed E-state index contributed by atoms with van der Waals surface area (Å²) in [4.78, 5) is 6.66. The lowest BCUT2D eigenvalue weighted by Crippen LogP contribution is -2.31. The van der Waals surface area contributed by atoms with E-state index in [0.29, 0.717) is 12.5 Å². The molecule has 1 aliphatic heterocycles. The summed E-state index contributed by atoms with van der Waals surface area (Å²) >= 11 is 6.34. The van der Waals surface area contributed by atoms with Crippen molar-refractivity contribution in [2.24, 2.45) is 5.92 Å². The van der Waals surface area contributed by atoms with Crippen molar-refractivity contribution in [3.8, 4) is 0 Å². The van der Waals surface area contributed by atoms with E-state index in [1.54, 1.807) is 6.20 Å². The summed E-state index contributed by atoms with van der Waals surface area (Å²) in [6, 6.07) is 6.09. The van der Waals surface area contributed by atoms with E-state index in [-0.39, 0.29) is 5.16 Å². The summed E-state index contributed by atoms with van der Waals surface area (Å²) in [5, 5.41) is 1.06. The molecule has 0 saturated heterocycles. The van der Waals surface area contributed by atoms with Gasteiger partial charge in [-0.15, -0.1) is 0 Å². The van der Waals surface area contributed by atoms with Gasteiger partial charge in [0.2, 0.25) is 15.0 Å². The van der Waals surface area contributed by atoms with Gasteiger partial charge in [0, 0.05) is 37.5 Å². The topological polar surface area (TPSA) is 55.2 Å². The maximum atomic E-state index is 12.3. The number of halogens is 1. The molecule has 1 saturated carbocycles. The second kappa shape index (κ2) is 8.17. The Hall–Kier alpha value is -1.37. The number of aromatic nitrogens is 2. The Morgan fingerprint density at radius 2 is 2.00 bits per heavy atom. The van der Waals surface area contributed by atoms with Gasteiger partial charge in [0.1, 0.15) is 0 Å². The van der Waals surface area contributed by atoms with E-state index in [4.69, 9.17) is 11.6 Å². The zero-order valence-corrected chi connectivity index (χ0v) is 18.0. The van der Waals surface area contributed by atoms with Crippen molar-refractivity contribution in [3.63, 3.8) is 0 Å². The average Bonchev–Trinajstić information content (AvgIpc) is 3.05. The minimum absolute atomic E-state index is 0.216. The lowest BCUT2D eigenvalue weighted by molar-refractivity contribution is 0.232. The van der Waals surface area contributed by atoms with Gasteiger partial charge in [-0.3, -0.25) is 4.90 Å². The summed E-state index contributed by atoms with van der Waals surface area (Å²) in [5.41, 5.74) is 3.50. The smallest absolute Gasteiger partial charge is 0.227 e. The van der Waals surface area contributed by atoms with Crippen molar-refractivity contribution < 1.29 is 8.42 Å². The van der Waals surface area contributed by atoms with Gasteiger partial charge in [-0.1, -0.05) is 43.0 Å². The van der Waals surface area contributed by atoms with Gasteiger partial charge in [-0.25, -0.2) is 13.4 Å². The molecule has 7 heteroatoms. The third kappa shape index (κ3) is 4.29. The van der Waals surface area contributed by atoms with Crippen LogP contribution in [0.15, 0.2) is 29.6 Å². The first-order valence-corrected chi connectivity index (χ1v) is 12.4. The van der Waals surface area contributed by atoms with Gasteiger partial charge >= 0.3 is 0 Å². The minimum atomic E-state index is -3.34. The Morgan fingerprint density at radius 3 is 2.75 bits per heavy atom. The number of benzene rings is 1. The highest BCUT2D eigenvalue weighted by molar-refractivity contribution is 7.90. The third-order valence-electron chi connectivity index (χ3n) is 6.07. The summed E-state index contributed by atoms with van der Waals surface area (Å²) in [5.74, 6) is 0.545. The molecule has 1 aliphatic carbocycles. The second-order valence-corrected chi connectivity index (χ2v) is 10.6. The summed E-state index contributed by atoms with van der Waals surface area (Å²) < 4.78 is 26.6. The maximum absolute atomic E-state index is 12.3. The highest BCUT2D eigenvalue weighted by Gasteiger charge is 2.25. The quantitative estimate of drug-likeness (QED) is 0.729. The standard InChI is InChI=1S/C21H28ClN3O2S/c1-28(26,27)21-23-12-18(25(21)13-16-6-3-2-4-7-16)15-24-11-10-19-17(14-24)8-5-9-20(19)22/h5,8-9,12,16H,2-4,6-7,10-11,13-15H2,1H3. The van der Waals surface area contributed by atoms with Crippen LogP contribution in [0.5, 0.6) is 0 Å². The van der Waals surface area contributed by atoms with E-state index < -0.39 is 9.84 Å². The van der Waals surface area contributed by atoms with E-state index in [1.165, 1.54) is 49.5 Å². The first-order chi connectivity index (χ1) is 13.4. The molecule has 1 fully saturated rings. The van der Waals surface area contributed by atoms with Crippen molar-refractivity contribution in [1.82, 2.24) is 14.5 Å². The van der Waals surface area contributed by atoms with E-state index in [2.05, 4.69) is 16.0 Å². The van der Waals surface area contributed by atoms with E-state index in [9.17, 15) is 8.42 Å². The van der Waals surface area contributed by atoms with Gasteiger partial charge < -0.3 is 4.57 Å². The van der Waals surface area contributed by atoms with Gasteiger partial charge in [-0.05, 0) is 42.4 Å². The molecule has 1 aromatic heterocycles. The molecule has 0 N–H and O–H groups in total. The first kappa shape index (κ1) is 19.9. The third-order valence-corrected chi connectivity index (χ3v) is 7.42. The molecule has 0 radical (unpaired) electrons. The largest absolute Gasteiger partial charge is 0.317 e. The summed E-state index contributed by atoms with van der Waals surface area (Å²) in [7, 11) is -3.34. The lowest BCUT2D eigenvalue weighted by atomic mass is 9.89. The maximum Gasteiger partial charge on any atom is 0.227 e. The van der Waals surface area contributed by atoms with Crippen LogP contribution in [-0.2, 0) is 35.9 Å². The molecule has 152 valence electrons. The molecule has 2 aliphatic rings. The number of nitrogens with zero attached hydrogens (tertiary/aromatic N) is 3. The molecule has 0 amide bonds. The minimum Gasteiger partial charge on any atom is -0.317 e. The summed E-state index contributed by atoms with van der Waals surface area (Å²) in [6.45, 7) is 3.22. The Bertz CT molecular complexity index is 949. The molecule has 5 nitrogen and oxygen atoms in total. The highest BCUT2D eigenvalue weighted by atomic mass is 35.5. The van der Waals surface area contributed by atoms with E-state index in [1.807, 2.05) is 16.7 Å². The van der Waals surface area contributed by atoms with Crippen LogP contribution >= 0.6 is 11.6 Å². The fourth-order valence-electron chi connectivity index (χ4n) is 4.62. The molecule has 2 aromatic rings. The number of rotatable bonds is 5. The Morgan fingerprint density at radius 1 is 1.21 bits per heavy atom. The van der Waals surface area contributed by atoms with E-state index in [0.717, 1.165) is 36.8 Å². The molecule has 0 unspecified atom stereocenters. The number of imidazole rings is 1. The predicted octanol–water partition coefficient (Wildman–Crippen LogP) is 4.08. The molecule has 1 aromatic carbocycles. The second-order valence-electron chi connectivity index (χ2n) is 8.26. The fourth-order valence-corrected chi connectivity index (χ4v) is 5.75. The van der Waals surface area contributed by atoms with Crippen molar-refractivity contribution in [2.75, 3.05) is 12.8 Å². The number of hydrogen-bond acceptors (Lipinski definition) is 4. The van der Waals surface area contributed by atoms with Crippen LogP contribution in [0.4, 0.5) is 0 Å². The van der Waals surface area contributed by atoms with Crippen LogP contribution in [0, 0.1) is 5.92 Å². The molecule has 4 rings (SSSR count). The summed E-state index contributed by atoms with van der Waals surface area (Å²) in [6.07, 6.45) is 10.1. The van der Waals surface area contributed by atoms with Crippen molar-refractivity contribution in [2.45, 2.75) is 63.3 Å². The fraction of sp³-hybridized carbons (Fsp3) is 0.571. The van der Waals surface area contributed by atoms with Crippen molar-refractivity contribution in [3.05, 3.63) is 46.2 Å². The Kier molecular flexibility index (Phi) is 5.81. The average molecular weight is 422 g/mol. The van der Waals surface area contributed by atoms with Gasteiger partial charge in [0.25, 0.3) is 0 Å². The molecule has 0 atom stereocenters. The van der Waals surface area contributed by atoms with Crippen LogP contribution in [0.25, 0.3) is 0 Å². The Labute approximate surface area is 172 Å². The lowest BCUT2D eigenvalue weighted by Gasteiger charge is -2.30. The number of hydrogen-bond donors (Lipinski definition) is 0. The van der Waals surface area contributed by atoms with Gasteiger partial charge in [-0.2, -0.15) is 0 Å². The van der Waals surface area contributed by atoms with Crippen LogP contribution in [-0.4, -0.2) is 35.7 Å². The SMILES string of the molecule is CS(=O)(=O)c1ncc(CN2CCc3c(Cl)cccc3C2)n1CC1CCCCC1. The van der Waals surface area contributed by atoms with E-state index >= 15 is 0 Å². The molecule has 0 bridgehead atoms. The van der Waals surface area contributed by atoms with Crippen LogP contribution in [0.1, 0.15) is 48.9 Å². The molecular weight excluding hydrogens is 394 g/mol. The first-order valence-electron chi connectivity index (χ1n) is 10.1. The highest BCUT2D eigenvalue weighted by Crippen LogP contribution is 2.29. The van der Waals surface area contributed by atoms with Crippen LogP contribution < -0.4 is 0 Å². The molecular formula is C21H28ClN3O2S. The molecule has 2 heterocycles. The number of sulfone groups is 1. The van der Waals surface area contributed by atoms with Crippen LogP contribution in [0.3, 0.4) is 0 Å². The molecule has 28 heavy (non-hydrogen) atoms. The van der Waals surface area contributed by atoms with Crippen molar-refractivity contribution >= 4 is 21.4 Å². The normalized spacial score (nSPS) is 18.9. The number of fused-ring (bicyclic) bond motifs is 1. The van der Waals surface area contributed by atoms with Crippen molar-refractivity contribution in [1.29, 1.82) is 0 Å². The monoisotopic (exact) mass is 421 g/mol. The van der Waals surface area contributed by atoms with Crippen LogP contribution in [0.2, 0.25) is 5.02 Å². The van der Waals surface area contributed by atoms with Gasteiger partial charge in [0.15, 0.2) is 0 Å². The predicted molar refractivity (Wildman–Crippen MR) is 111 cm³/mol.